The largest absolute Gasteiger partial charge is 0.381 e. The van der Waals surface area contributed by atoms with Crippen LogP contribution in [0.2, 0.25) is 0 Å². The molecule has 130 valence electrons. The number of nitrogens with one attached hydrogen (secondary N) is 2. The molecule has 7 nitrogen and oxygen atoms in total. The first kappa shape index (κ1) is 19.7. The van der Waals surface area contributed by atoms with Gasteiger partial charge in [0.1, 0.15) is 0 Å². The topological polar surface area (TPSA) is 111 Å². The number of carbonyl (C=O) groups is 1. The van der Waals surface area contributed by atoms with E-state index in [0.717, 1.165) is 19.1 Å². The summed E-state index contributed by atoms with van der Waals surface area (Å²) < 4.78 is 29.9. The van der Waals surface area contributed by atoms with Crippen molar-refractivity contribution < 1.29 is 17.9 Å². The molecule has 0 aromatic heterocycles. The Morgan fingerprint density at radius 2 is 1.74 bits per heavy atom. The lowest BCUT2D eigenvalue weighted by atomic mass is 9.92. The summed E-state index contributed by atoms with van der Waals surface area (Å²) in [5, 5.41) is 2.75. The molecule has 1 aliphatic heterocycles. The summed E-state index contributed by atoms with van der Waals surface area (Å²) >= 11 is 0. The molecule has 1 aromatic rings. The highest BCUT2D eigenvalue weighted by molar-refractivity contribution is 7.92. The monoisotopic (exact) mass is 363 g/mol. The van der Waals surface area contributed by atoms with Crippen LogP contribution in [0.25, 0.3) is 0 Å². The molecule has 0 aliphatic carbocycles. The molecule has 1 aromatic carbocycles. The minimum atomic E-state index is -3.31. The van der Waals surface area contributed by atoms with Gasteiger partial charge in [-0.25, -0.2) is 8.42 Å². The lowest BCUT2D eigenvalue weighted by Gasteiger charge is -2.26. The number of halogens is 1. The summed E-state index contributed by atoms with van der Waals surface area (Å²) in [7, 11) is -3.31. The molecule has 1 aliphatic rings. The molecular weight excluding hydrogens is 342 g/mol. The molecule has 4 N–H and O–H groups in total. The van der Waals surface area contributed by atoms with E-state index in [0.29, 0.717) is 24.6 Å². The molecule has 2 rings (SSSR count). The van der Waals surface area contributed by atoms with Gasteiger partial charge in [0.2, 0.25) is 15.9 Å². The number of carbonyl (C=O) groups excluding carboxylic acids is 1. The SMILES string of the molecule is CS(=O)(=O)Nc1ccc(NC(=O)C(N)C2CCOCC2)cc1.Cl. The van der Waals surface area contributed by atoms with E-state index in [1.165, 1.54) is 0 Å². The number of benzene rings is 1. The van der Waals surface area contributed by atoms with E-state index in [9.17, 15) is 13.2 Å². The molecule has 23 heavy (non-hydrogen) atoms. The van der Waals surface area contributed by atoms with Gasteiger partial charge in [-0.3, -0.25) is 9.52 Å². The van der Waals surface area contributed by atoms with E-state index in [4.69, 9.17) is 10.5 Å². The van der Waals surface area contributed by atoms with Crippen molar-refractivity contribution in [3.63, 3.8) is 0 Å². The molecule has 9 heteroatoms. The third kappa shape index (κ3) is 6.34. The molecule has 0 radical (unpaired) electrons. The normalized spacial score (nSPS) is 17.0. The highest BCUT2D eigenvalue weighted by Crippen LogP contribution is 2.19. The zero-order valence-electron chi connectivity index (χ0n) is 12.8. The second kappa shape index (κ2) is 8.49. The lowest BCUT2D eigenvalue weighted by molar-refractivity contribution is -0.119. The Labute approximate surface area is 142 Å². The maximum Gasteiger partial charge on any atom is 0.241 e. The maximum absolute atomic E-state index is 12.1. The second-order valence-corrected chi connectivity index (χ2v) is 7.16. The fourth-order valence-corrected chi connectivity index (χ4v) is 2.91. The Morgan fingerprint density at radius 3 is 2.26 bits per heavy atom. The van der Waals surface area contributed by atoms with Crippen LogP contribution in [0.4, 0.5) is 11.4 Å². The maximum atomic E-state index is 12.1. The van der Waals surface area contributed by atoms with Crippen LogP contribution in [0, 0.1) is 5.92 Å². The predicted octanol–water partition coefficient (Wildman–Crippen LogP) is 1.17. The van der Waals surface area contributed by atoms with Gasteiger partial charge >= 0.3 is 0 Å². The fourth-order valence-electron chi connectivity index (χ4n) is 2.35. The van der Waals surface area contributed by atoms with Gasteiger partial charge in [-0.05, 0) is 43.0 Å². The average Bonchev–Trinajstić information content (AvgIpc) is 2.48. The molecular formula is C14H22ClN3O4S. The molecule has 0 bridgehead atoms. The summed E-state index contributed by atoms with van der Waals surface area (Å²) in [4.78, 5) is 12.1. The molecule has 1 heterocycles. The van der Waals surface area contributed by atoms with Crippen LogP contribution in [-0.2, 0) is 19.6 Å². The van der Waals surface area contributed by atoms with Crippen molar-refractivity contribution in [2.75, 3.05) is 29.5 Å². The number of rotatable bonds is 5. The van der Waals surface area contributed by atoms with Gasteiger partial charge in [-0.1, -0.05) is 0 Å². The van der Waals surface area contributed by atoms with Crippen LogP contribution in [0.1, 0.15) is 12.8 Å². The van der Waals surface area contributed by atoms with Crippen molar-refractivity contribution >= 4 is 39.7 Å². The van der Waals surface area contributed by atoms with Crippen LogP contribution in [0.3, 0.4) is 0 Å². The molecule has 1 saturated heterocycles. The van der Waals surface area contributed by atoms with E-state index < -0.39 is 16.1 Å². The first-order valence-corrected chi connectivity index (χ1v) is 8.96. The second-order valence-electron chi connectivity index (χ2n) is 5.42. The molecule has 1 fully saturated rings. The van der Waals surface area contributed by atoms with Crippen molar-refractivity contribution in [3.05, 3.63) is 24.3 Å². The molecule has 1 atom stereocenters. The third-order valence-corrected chi connectivity index (χ3v) is 4.14. The van der Waals surface area contributed by atoms with E-state index in [1.807, 2.05) is 0 Å². The van der Waals surface area contributed by atoms with Gasteiger partial charge in [0.25, 0.3) is 0 Å². The standard InChI is InChI=1S/C14H21N3O4S.ClH/c1-22(19,20)17-12-4-2-11(3-5-12)16-14(18)13(15)10-6-8-21-9-7-10;/h2-5,10,13,17H,6-9,15H2,1H3,(H,16,18);1H. The molecule has 1 unspecified atom stereocenters. The summed E-state index contributed by atoms with van der Waals surface area (Å²) in [5.41, 5.74) is 7.01. The Hall–Kier alpha value is -1.35. The van der Waals surface area contributed by atoms with Crippen molar-refractivity contribution in [2.45, 2.75) is 18.9 Å². The molecule has 0 saturated carbocycles. The van der Waals surface area contributed by atoms with Gasteiger partial charge in [0, 0.05) is 24.6 Å². The van der Waals surface area contributed by atoms with Gasteiger partial charge < -0.3 is 15.8 Å². The number of nitrogens with two attached hydrogens (primary N) is 1. The molecule has 0 spiro atoms. The number of ether oxygens (including phenoxy) is 1. The third-order valence-electron chi connectivity index (χ3n) is 3.53. The van der Waals surface area contributed by atoms with Gasteiger partial charge in [-0.15, -0.1) is 12.4 Å². The Bertz CT molecular complexity index is 615. The summed E-state index contributed by atoms with van der Waals surface area (Å²) in [6, 6.07) is 5.84. The van der Waals surface area contributed by atoms with Crippen LogP contribution >= 0.6 is 12.4 Å². The van der Waals surface area contributed by atoms with Gasteiger partial charge in [0.15, 0.2) is 0 Å². The number of hydrogen-bond donors (Lipinski definition) is 3. The lowest BCUT2D eigenvalue weighted by Crippen LogP contribution is -2.43. The average molecular weight is 364 g/mol. The number of amides is 1. The van der Waals surface area contributed by atoms with E-state index in [1.54, 1.807) is 24.3 Å². The highest BCUT2D eigenvalue weighted by atomic mass is 35.5. The smallest absolute Gasteiger partial charge is 0.241 e. The summed E-state index contributed by atoms with van der Waals surface area (Å²) in [6.45, 7) is 1.27. The van der Waals surface area contributed by atoms with Crippen molar-refractivity contribution in [3.8, 4) is 0 Å². The zero-order valence-corrected chi connectivity index (χ0v) is 14.5. The van der Waals surface area contributed by atoms with Crippen molar-refractivity contribution in [2.24, 2.45) is 11.7 Å². The predicted molar refractivity (Wildman–Crippen MR) is 92.3 cm³/mol. The Kier molecular flexibility index (Phi) is 7.27. The first-order chi connectivity index (χ1) is 10.3. The first-order valence-electron chi connectivity index (χ1n) is 7.07. The minimum Gasteiger partial charge on any atom is -0.381 e. The van der Waals surface area contributed by atoms with Gasteiger partial charge in [-0.2, -0.15) is 0 Å². The van der Waals surface area contributed by atoms with Gasteiger partial charge in [0.05, 0.1) is 12.3 Å². The number of hydrogen-bond acceptors (Lipinski definition) is 5. The Balaban J connectivity index is 0.00000264. The zero-order chi connectivity index (χ0) is 16.2. The minimum absolute atomic E-state index is 0. The Morgan fingerprint density at radius 1 is 1.22 bits per heavy atom. The number of anilines is 2. The fraction of sp³-hybridized carbons (Fsp3) is 0.500. The highest BCUT2D eigenvalue weighted by Gasteiger charge is 2.26. The van der Waals surface area contributed by atoms with E-state index >= 15 is 0 Å². The van der Waals surface area contributed by atoms with Crippen LogP contribution in [0.15, 0.2) is 24.3 Å². The molecule has 1 amide bonds. The van der Waals surface area contributed by atoms with Crippen molar-refractivity contribution in [1.29, 1.82) is 0 Å². The van der Waals surface area contributed by atoms with Crippen molar-refractivity contribution in [1.82, 2.24) is 0 Å². The quantitative estimate of drug-likeness (QED) is 0.727. The van der Waals surface area contributed by atoms with Crippen LogP contribution < -0.4 is 15.8 Å². The van der Waals surface area contributed by atoms with Crippen LogP contribution in [-0.4, -0.2) is 39.8 Å². The summed E-state index contributed by atoms with van der Waals surface area (Å²) in [5.74, 6) is -0.115. The van der Waals surface area contributed by atoms with Crippen LogP contribution in [0.5, 0.6) is 0 Å². The van der Waals surface area contributed by atoms with E-state index in [-0.39, 0.29) is 24.2 Å². The summed E-state index contributed by atoms with van der Waals surface area (Å²) in [6.07, 6.45) is 2.65. The van der Waals surface area contributed by atoms with E-state index in [2.05, 4.69) is 10.0 Å². The number of sulfonamides is 1.